The zero-order valence-electron chi connectivity index (χ0n) is 9.49. The van der Waals surface area contributed by atoms with Gasteiger partial charge in [0.25, 0.3) is 0 Å². The van der Waals surface area contributed by atoms with Gasteiger partial charge in [-0.05, 0) is 18.2 Å². The smallest absolute Gasteiger partial charge is 0.416 e. The number of alkyl halides is 3. The fourth-order valence-corrected chi connectivity index (χ4v) is 1.40. The molecule has 1 atom stereocenters. The van der Waals surface area contributed by atoms with Crippen LogP contribution in [0.3, 0.4) is 0 Å². The van der Waals surface area contributed by atoms with Gasteiger partial charge in [-0.15, -0.1) is 0 Å². The molecule has 0 saturated heterocycles. The summed E-state index contributed by atoms with van der Waals surface area (Å²) in [6.45, 7) is 0. The lowest BCUT2D eigenvalue weighted by Crippen LogP contribution is -2.17. The molecule has 0 unspecified atom stereocenters. The predicted molar refractivity (Wildman–Crippen MR) is 56.7 cm³/mol. The molecule has 0 saturated carbocycles. The number of nitrogens with two attached hydrogens (primary N) is 1. The van der Waals surface area contributed by atoms with Crippen molar-refractivity contribution in [3.05, 3.63) is 29.3 Å². The van der Waals surface area contributed by atoms with E-state index in [9.17, 15) is 23.1 Å². The summed E-state index contributed by atoms with van der Waals surface area (Å²) in [7, 11) is 1.14. The molecule has 0 heterocycles. The minimum absolute atomic E-state index is 0.143. The van der Waals surface area contributed by atoms with E-state index in [2.05, 4.69) is 4.74 Å². The minimum atomic E-state index is -4.53. The Kier molecular flexibility index (Phi) is 4.18. The van der Waals surface area contributed by atoms with Crippen molar-refractivity contribution in [1.29, 1.82) is 0 Å². The van der Waals surface area contributed by atoms with Gasteiger partial charge in [0.2, 0.25) is 0 Å². The Morgan fingerprint density at radius 3 is 2.61 bits per heavy atom. The number of carbonyl (C=O) groups excluding carboxylic acids is 1. The molecule has 0 bridgehead atoms. The van der Waals surface area contributed by atoms with Crippen LogP contribution in [0.15, 0.2) is 18.2 Å². The third-order valence-electron chi connectivity index (χ3n) is 2.37. The molecule has 0 radical (unpaired) electrons. The van der Waals surface area contributed by atoms with Crippen molar-refractivity contribution in [3.8, 4) is 5.75 Å². The number of carbonyl (C=O) groups is 1. The second kappa shape index (κ2) is 5.26. The summed E-state index contributed by atoms with van der Waals surface area (Å²) < 4.78 is 41.8. The van der Waals surface area contributed by atoms with E-state index in [4.69, 9.17) is 5.73 Å². The Morgan fingerprint density at radius 2 is 2.11 bits per heavy atom. The fraction of sp³-hybridized carbons (Fsp3) is 0.364. The monoisotopic (exact) mass is 263 g/mol. The Balaban J connectivity index is 3.04. The number of hydrogen-bond donors (Lipinski definition) is 2. The molecule has 0 aliphatic heterocycles. The highest BCUT2D eigenvalue weighted by molar-refractivity contribution is 5.70. The molecule has 1 aromatic rings. The maximum Gasteiger partial charge on any atom is 0.416 e. The normalized spacial score (nSPS) is 13.2. The van der Waals surface area contributed by atoms with Crippen LogP contribution in [0, 0.1) is 0 Å². The van der Waals surface area contributed by atoms with Crippen molar-refractivity contribution in [3.63, 3.8) is 0 Å². The zero-order chi connectivity index (χ0) is 13.9. The van der Waals surface area contributed by atoms with Crippen molar-refractivity contribution >= 4 is 5.97 Å². The molecule has 4 nitrogen and oxygen atoms in total. The standard InChI is InChI=1S/C11H12F3NO3/c1-18-10(17)5-8(15)7-4-6(11(12,13)14)2-3-9(7)16/h2-4,8,16H,5,15H2,1H3/t8-/m0/s1. The molecular weight excluding hydrogens is 251 g/mol. The van der Waals surface area contributed by atoms with Gasteiger partial charge in [0.05, 0.1) is 19.1 Å². The molecule has 3 N–H and O–H groups in total. The number of halogens is 3. The lowest BCUT2D eigenvalue weighted by Gasteiger charge is -2.15. The number of aromatic hydroxyl groups is 1. The minimum Gasteiger partial charge on any atom is -0.508 e. The number of phenols is 1. The maximum atomic E-state index is 12.5. The van der Waals surface area contributed by atoms with Gasteiger partial charge in [-0.2, -0.15) is 13.2 Å². The average Bonchev–Trinajstić information content (AvgIpc) is 2.27. The van der Waals surface area contributed by atoms with Crippen LogP contribution in [0.1, 0.15) is 23.6 Å². The van der Waals surface area contributed by atoms with Gasteiger partial charge in [0.15, 0.2) is 0 Å². The van der Waals surface area contributed by atoms with E-state index in [1.807, 2.05) is 0 Å². The molecule has 0 aliphatic rings. The summed E-state index contributed by atoms with van der Waals surface area (Å²) in [6, 6.07) is 1.31. The highest BCUT2D eigenvalue weighted by atomic mass is 19.4. The number of phenolic OH excluding ortho intramolecular Hbond substituents is 1. The summed E-state index contributed by atoms with van der Waals surface area (Å²) in [5.41, 5.74) is 4.48. The van der Waals surface area contributed by atoms with Crippen LogP contribution in [0.25, 0.3) is 0 Å². The number of esters is 1. The Hall–Kier alpha value is -1.76. The highest BCUT2D eigenvalue weighted by Gasteiger charge is 2.31. The van der Waals surface area contributed by atoms with Gasteiger partial charge in [-0.1, -0.05) is 0 Å². The van der Waals surface area contributed by atoms with Crippen LogP contribution < -0.4 is 5.73 Å². The molecule has 0 aromatic heterocycles. The number of rotatable bonds is 3. The van der Waals surface area contributed by atoms with Crippen LogP contribution in [0.5, 0.6) is 5.75 Å². The first-order valence-electron chi connectivity index (χ1n) is 4.98. The van der Waals surface area contributed by atoms with Crippen molar-refractivity contribution in [2.24, 2.45) is 5.73 Å². The summed E-state index contributed by atoms with van der Waals surface area (Å²) in [4.78, 5) is 11.0. The van der Waals surface area contributed by atoms with Crippen LogP contribution in [-0.2, 0) is 15.7 Å². The van der Waals surface area contributed by atoms with Crippen LogP contribution in [-0.4, -0.2) is 18.2 Å². The molecule has 0 fully saturated rings. The Bertz CT molecular complexity index is 446. The van der Waals surface area contributed by atoms with E-state index < -0.39 is 23.8 Å². The third kappa shape index (κ3) is 3.36. The molecule has 1 aromatic carbocycles. The lowest BCUT2D eigenvalue weighted by molar-refractivity contribution is -0.141. The molecule has 0 aliphatic carbocycles. The number of benzene rings is 1. The van der Waals surface area contributed by atoms with Crippen molar-refractivity contribution in [1.82, 2.24) is 0 Å². The van der Waals surface area contributed by atoms with E-state index in [0.717, 1.165) is 25.3 Å². The first kappa shape index (κ1) is 14.3. The van der Waals surface area contributed by atoms with E-state index in [1.165, 1.54) is 0 Å². The van der Waals surface area contributed by atoms with Crippen LogP contribution in [0.2, 0.25) is 0 Å². The van der Waals surface area contributed by atoms with E-state index in [-0.39, 0.29) is 17.7 Å². The second-order valence-electron chi connectivity index (χ2n) is 3.66. The topological polar surface area (TPSA) is 72.5 Å². The van der Waals surface area contributed by atoms with Crippen LogP contribution >= 0.6 is 0 Å². The first-order valence-corrected chi connectivity index (χ1v) is 4.98. The van der Waals surface area contributed by atoms with Gasteiger partial charge in [0, 0.05) is 11.6 Å². The quantitative estimate of drug-likeness (QED) is 0.818. The molecule has 7 heteroatoms. The summed E-state index contributed by atoms with van der Waals surface area (Å²) in [5.74, 6) is -1.06. The lowest BCUT2D eigenvalue weighted by atomic mass is 10.0. The molecule has 0 spiro atoms. The molecule has 100 valence electrons. The summed E-state index contributed by atoms with van der Waals surface area (Å²) in [6.07, 6.45) is -4.85. The van der Waals surface area contributed by atoms with Crippen molar-refractivity contribution in [2.45, 2.75) is 18.6 Å². The molecule has 1 rings (SSSR count). The number of hydrogen-bond acceptors (Lipinski definition) is 4. The van der Waals surface area contributed by atoms with Gasteiger partial charge in [0.1, 0.15) is 5.75 Å². The van der Waals surface area contributed by atoms with Gasteiger partial charge in [-0.3, -0.25) is 4.79 Å². The SMILES string of the molecule is COC(=O)C[C@H](N)c1cc(C(F)(F)F)ccc1O. The third-order valence-corrected chi connectivity index (χ3v) is 2.37. The Labute approximate surface area is 101 Å². The van der Waals surface area contributed by atoms with Gasteiger partial charge in [-0.25, -0.2) is 0 Å². The van der Waals surface area contributed by atoms with Gasteiger partial charge >= 0.3 is 12.1 Å². The Morgan fingerprint density at radius 1 is 1.50 bits per heavy atom. The van der Waals surface area contributed by atoms with E-state index >= 15 is 0 Å². The fourth-order valence-electron chi connectivity index (χ4n) is 1.40. The summed E-state index contributed by atoms with van der Waals surface area (Å²) >= 11 is 0. The maximum absolute atomic E-state index is 12.5. The van der Waals surface area contributed by atoms with Crippen LogP contribution in [0.4, 0.5) is 13.2 Å². The molecule has 0 amide bonds. The average molecular weight is 263 g/mol. The first-order chi connectivity index (χ1) is 8.25. The van der Waals surface area contributed by atoms with Crippen molar-refractivity contribution in [2.75, 3.05) is 7.11 Å². The van der Waals surface area contributed by atoms with E-state index in [0.29, 0.717) is 0 Å². The van der Waals surface area contributed by atoms with E-state index in [1.54, 1.807) is 0 Å². The largest absolute Gasteiger partial charge is 0.508 e. The predicted octanol–water partition coefficient (Wildman–Crippen LogP) is 1.97. The number of methoxy groups -OCH3 is 1. The molecular formula is C11H12F3NO3. The summed E-state index contributed by atoms with van der Waals surface area (Å²) in [5, 5.41) is 9.46. The number of ether oxygens (including phenoxy) is 1. The second-order valence-corrected chi connectivity index (χ2v) is 3.66. The van der Waals surface area contributed by atoms with Gasteiger partial charge < -0.3 is 15.6 Å². The molecule has 18 heavy (non-hydrogen) atoms. The highest BCUT2D eigenvalue weighted by Crippen LogP contribution is 2.34. The van der Waals surface area contributed by atoms with Crippen molar-refractivity contribution < 1.29 is 27.8 Å². The zero-order valence-corrected chi connectivity index (χ0v) is 9.49.